The molecule has 0 unspecified atom stereocenters. The summed E-state index contributed by atoms with van der Waals surface area (Å²) in [6.45, 7) is 1.19. The third-order valence-corrected chi connectivity index (χ3v) is 3.20. The summed E-state index contributed by atoms with van der Waals surface area (Å²) in [5.41, 5.74) is 0.780. The Bertz CT molecular complexity index is 658. The number of rotatable bonds is 9. The standard InChI is InChI=1S/C14H17N5O4/c20-13(21)11-17(10-12-4-1-2-5-15-12)7-3-8-18-9-6-16-14(18)19(22)23/h1-2,4-6,9H,3,7-8,10-11H2,(H,20,21). The van der Waals surface area contributed by atoms with Gasteiger partial charge in [-0.1, -0.05) is 11.1 Å². The second kappa shape index (κ2) is 7.99. The monoisotopic (exact) mass is 319 g/mol. The maximum Gasteiger partial charge on any atom is 0.434 e. The summed E-state index contributed by atoms with van der Waals surface area (Å²) in [6.07, 6.45) is 5.14. The van der Waals surface area contributed by atoms with Gasteiger partial charge in [-0.3, -0.25) is 14.7 Å². The normalized spacial score (nSPS) is 10.8. The van der Waals surface area contributed by atoms with Gasteiger partial charge in [0.1, 0.15) is 12.4 Å². The molecule has 2 heterocycles. The van der Waals surface area contributed by atoms with Gasteiger partial charge in [-0.25, -0.2) is 4.57 Å². The Morgan fingerprint density at radius 2 is 2.17 bits per heavy atom. The van der Waals surface area contributed by atoms with Crippen molar-refractivity contribution in [1.82, 2.24) is 19.4 Å². The van der Waals surface area contributed by atoms with Crippen LogP contribution in [0.1, 0.15) is 12.1 Å². The van der Waals surface area contributed by atoms with Crippen molar-refractivity contribution in [3.8, 4) is 0 Å². The van der Waals surface area contributed by atoms with Crippen molar-refractivity contribution in [1.29, 1.82) is 0 Å². The van der Waals surface area contributed by atoms with Crippen LogP contribution < -0.4 is 0 Å². The SMILES string of the molecule is O=C(O)CN(CCCn1ccnc1[N+](=O)[O-])Cc1ccccn1. The first-order valence-electron chi connectivity index (χ1n) is 7.06. The summed E-state index contributed by atoms with van der Waals surface area (Å²) < 4.78 is 1.44. The summed E-state index contributed by atoms with van der Waals surface area (Å²) in [7, 11) is 0. The Balaban J connectivity index is 1.91. The van der Waals surface area contributed by atoms with Crippen molar-refractivity contribution in [2.24, 2.45) is 0 Å². The maximum atomic E-state index is 11.0. The molecule has 0 fully saturated rings. The summed E-state index contributed by atoms with van der Waals surface area (Å²) in [4.78, 5) is 30.8. The van der Waals surface area contributed by atoms with Gasteiger partial charge in [0.25, 0.3) is 0 Å². The van der Waals surface area contributed by atoms with E-state index in [2.05, 4.69) is 9.97 Å². The Labute approximate surface area is 132 Å². The average Bonchev–Trinajstić information content (AvgIpc) is 2.96. The van der Waals surface area contributed by atoms with Crippen molar-refractivity contribution in [3.05, 3.63) is 52.6 Å². The van der Waals surface area contributed by atoms with Crippen LogP contribution in [0, 0.1) is 10.1 Å². The minimum Gasteiger partial charge on any atom is -0.480 e. The van der Waals surface area contributed by atoms with Crippen molar-refractivity contribution in [3.63, 3.8) is 0 Å². The van der Waals surface area contributed by atoms with Crippen molar-refractivity contribution < 1.29 is 14.8 Å². The maximum absolute atomic E-state index is 11.0. The number of hydrogen-bond donors (Lipinski definition) is 1. The minimum absolute atomic E-state index is 0.109. The first-order chi connectivity index (χ1) is 11.1. The van der Waals surface area contributed by atoms with Crippen LogP contribution in [0.15, 0.2) is 36.8 Å². The molecule has 0 radical (unpaired) electrons. The smallest absolute Gasteiger partial charge is 0.434 e. The molecule has 0 atom stereocenters. The predicted octanol–water partition coefficient (Wildman–Crippen LogP) is 1.16. The molecule has 0 amide bonds. The average molecular weight is 319 g/mol. The molecule has 0 aliphatic rings. The van der Waals surface area contributed by atoms with E-state index in [4.69, 9.17) is 5.11 Å². The van der Waals surface area contributed by atoms with Crippen molar-refractivity contribution >= 4 is 11.9 Å². The van der Waals surface area contributed by atoms with Gasteiger partial charge in [-0.15, -0.1) is 0 Å². The molecule has 0 aliphatic heterocycles. The molecule has 23 heavy (non-hydrogen) atoms. The summed E-state index contributed by atoms with van der Waals surface area (Å²) in [5.74, 6) is -1.13. The number of pyridine rings is 1. The molecule has 0 saturated carbocycles. The summed E-state index contributed by atoms with van der Waals surface area (Å²) in [5, 5.41) is 19.8. The first kappa shape index (κ1) is 16.6. The molecular formula is C14H17N5O4. The largest absolute Gasteiger partial charge is 0.480 e. The number of carboxylic acids is 1. The number of nitrogens with zero attached hydrogens (tertiary/aromatic N) is 5. The molecular weight excluding hydrogens is 302 g/mol. The number of carboxylic acid groups (broad SMARTS) is 1. The fourth-order valence-electron chi connectivity index (χ4n) is 2.24. The number of hydrogen-bond acceptors (Lipinski definition) is 6. The highest BCUT2D eigenvalue weighted by atomic mass is 16.6. The molecule has 9 heteroatoms. The molecule has 2 aromatic rings. The Hall–Kier alpha value is -2.81. The highest BCUT2D eigenvalue weighted by Gasteiger charge is 2.15. The Morgan fingerprint density at radius 3 is 2.83 bits per heavy atom. The molecule has 9 nitrogen and oxygen atoms in total. The number of aromatic nitrogens is 3. The first-order valence-corrected chi connectivity index (χ1v) is 7.06. The van der Waals surface area contributed by atoms with Gasteiger partial charge < -0.3 is 15.2 Å². The van der Waals surface area contributed by atoms with Gasteiger partial charge >= 0.3 is 11.9 Å². The van der Waals surface area contributed by atoms with E-state index in [1.165, 1.54) is 10.8 Å². The zero-order valence-corrected chi connectivity index (χ0v) is 12.4. The molecule has 122 valence electrons. The number of nitro groups is 1. The van der Waals surface area contributed by atoms with E-state index in [-0.39, 0.29) is 12.5 Å². The predicted molar refractivity (Wildman–Crippen MR) is 80.6 cm³/mol. The van der Waals surface area contributed by atoms with E-state index in [9.17, 15) is 14.9 Å². The third-order valence-electron chi connectivity index (χ3n) is 3.20. The quantitative estimate of drug-likeness (QED) is 0.545. The molecule has 0 spiro atoms. The zero-order valence-electron chi connectivity index (χ0n) is 12.4. The number of imidazole rings is 1. The van der Waals surface area contributed by atoms with Crippen LogP contribution in [-0.4, -0.2) is 48.5 Å². The molecule has 0 saturated heterocycles. The molecule has 0 aromatic carbocycles. The second-order valence-electron chi connectivity index (χ2n) is 4.96. The van der Waals surface area contributed by atoms with Gasteiger partial charge in [-0.05, 0) is 23.5 Å². The van der Waals surface area contributed by atoms with Gasteiger partial charge in [0.2, 0.25) is 0 Å². The van der Waals surface area contributed by atoms with E-state index in [1.807, 2.05) is 12.1 Å². The zero-order chi connectivity index (χ0) is 16.7. The van der Waals surface area contributed by atoms with Crippen molar-refractivity contribution in [2.45, 2.75) is 19.5 Å². The highest BCUT2D eigenvalue weighted by molar-refractivity contribution is 5.69. The van der Waals surface area contributed by atoms with E-state index < -0.39 is 10.9 Å². The van der Waals surface area contributed by atoms with Gasteiger partial charge in [0.05, 0.1) is 18.8 Å². The lowest BCUT2D eigenvalue weighted by Crippen LogP contribution is -2.31. The number of aliphatic carboxylic acids is 1. The van der Waals surface area contributed by atoms with E-state index in [0.29, 0.717) is 26.1 Å². The fraction of sp³-hybridized carbons (Fsp3) is 0.357. The van der Waals surface area contributed by atoms with Crippen LogP contribution in [0.25, 0.3) is 0 Å². The van der Waals surface area contributed by atoms with Gasteiger partial charge in [0.15, 0.2) is 0 Å². The molecule has 1 N–H and O–H groups in total. The van der Waals surface area contributed by atoms with Crippen LogP contribution in [0.5, 0.6) is 0 Å². The molecule has 2 rings (SSSR count). The van der Waals surface area contributed by atoms with Gasteiger partial charge in [-0.2, -0.15) is 0 Å². The van der Waals surface area contributed by atoms with Crippen molar-refractivity contribution in [2.75, 3.05) is 13.1 Å². The molecule has 2 aromatic heterocycles. The van der Waals surface area contributed by atoms with Crippen LogP contribution in [0.4, 0.5) is 5.95 Å². The lowest BCUT2D eigenvalue weighted by atomic mass is 10.3. The number of carbonyl (C=O) groups is 1. The van der Waals surface area contributed by atoms with Crippen LogP contribution in [0.3, 0.4) is 0 Å². The topological polar surface area (TPSA) is 114 Å². The van der Waals surface area contributed by atoms with Crippen LogP contribution in [0.2, 0.25) is 0 Å². The lowest BCUT2D eigenvalue weighted by Gasteiger charge is -2.19. The second-order valence-corrected chi connectivity index (χ2v) is 4.96. The highest BCUT2D eigenvalue weighted by Crippen LogP contribution is 2.09. The van der Waals surface area contributed by atoms with Crippen LogP contribution in [-0.2, 0) is 17.9 Å². The molecule has 0 aliphatic carbocycles. The van der Waals surface area contributed by atoms with E-state index in [1.54, 1.807) is 23.4 Å². The van der Waals surface area contributed by atoms with E-state index in [0.717, 1.165) is 5.69 Å². The summed E-state index contributed by atoms with van der Waals surface area (Å²) in [6, 6.07) is 5.47. The Kier molecular flexibility index (Phi) is 5.75. The Morgan fingerprint density at radius 1 is 1.35 bits per heavy atom. The third kappa shape index (κ3) is 5.15. The van der Waals surface area contributed by atoms with Gasteiger partial charge in [0, 0.05) is 19.3 Å². The summed E-state index contributed by atoms with van der Waals surface area (Å²) >= 11 is 0. The minimum atomic E-state index is -0.922. The molecule has 0 bridgehead atoms. The van der Waals surface area contributed by atoms with Crippen LogP contribution >= 0.6 is 0 Å². The fourth-order valence-corrected chi connectivity index (χ4v) is 2.24. The lowest BCUT2D eigenvalue weighted by molar-refractivity contribution is -0.396. The number of aryl methyl sites for hydroxylation is 1. The van der Waals surface area contributed by atoms with E-state index >= 15 is 0 Å².